The molecule has 19 heavy (non-hydrogen) atoms. The van der Waals surface area contributed by atoms with Gasteiger partial charge in [-0.1, -0.05) is 32.9 Å². The second-order valence-electron chi connectivity index (χ2n) is 5.91. The normalized spacial score (nSPS) is 12.2. The summed E-state index contributed by atoms with van der Waals surface area (Å²) in [6.45, 7) is 6.44. The number of pyridine rings is 2. The van der Waals surface area contributed by atoms with Gasteiger partial charge in [0.25, 0.3) is 0 Å². The van der Waals surface area contributed by atoms with Crippen LogP contribution < -0.4 is 5.73 Å². The molecule has 0 amide bonds. The third kappa shape index (κ3) is 1.91. The fourth-order valence-corrected chi connectivity index (χ4v) is 2.41. The molecule has 96 valence electrons. The molecule has 0 aliphatic heterocycles. The summed E-state index contributed by atoms with van der Waals surface area (Å²) in [4.78, 5) is 8.79. The molecule has 0 atom stereocenters. The van der Waals surface area contributed by atoms with E-state index >= 15 is 0 Å². The first-order valence-corrected chi connectivity index (χ1v) is 6.40. The molecule has 0 unspecified atom stereocenters. The van der Waals surface area contributed by atoms with Crippen LogP contribution in [0.5, 0.6) is 0 Å². The quantitative estimate of drug-likeness (QED) is 0.620. The van der Waals surface area contributed by atoms with Crippen LogP contribution in [-0.2, 0) is 5.41 Å². The van der Waals surface area contributed by atoms with Gasteiger partial charge in [-0.25, -0.2) is 4.98 Å². The molecule has 3 rings (SSSR count). The summed E-state index contributed by atoms with van der Waals surface area (Å²) in [5.74, 6) is 0.608. The molecular formula is C16H17N3. The maximum absolute atomic E-state index is 6.13. The van der Waals surface area contributed by atoms with Crippen molar-refractivity contribution in [3.63, 3.8) is 0 Å². The van der Waals surface area contributed by atoms with Gasteiger partial charge in [-0.2, -0.15) is 0 Å². The molecule has 3 nitrogen and oxygen atoms in total. The number of aromatic nitrogens is 2. The Hall–Kier alpha value is -2.16. The lowest BCUT2D eigenvalue weighted by Crippen LogP contribution is -2.15. The second-order valence-corrected chi connectivity index (χ2v) is 5.91. The van der Waals surface area contributed by atoms with Gasteiger partial charge in [-0.05, 0) is 22.9 Å². The summed E-state index contributed by atoms with van der Waals surface area (Å²) < 4.78 is 0. The molecule has 0 spiro atoms. The van der Waals surface area contributed by atoms with E-state index in [0.29, 0.717) is 5.82 Å². The van der Waals surface area contributed by atoms with Crippen molar-refractivity contribution in [2.75, 3.05) is 5.73 Å². The largest absolute Gasteiger partial charge is 0.383 e. The Morgan fingerprint density at radius 3 is 2.53 bits per heavy atom. The first-order chi connectivity index (χ1) is 8.97. The number of rotatable bonds is 0. The molecule has 2 heterocycles. The van der Waals surface area contributed by atoms with Gasteiger partial charge in [0, 0.05) is 28.7 Å². The highest BCUT2D eigenvalue weighted by molar-refractivity contribution is 6.05. The third-order valence-electron chi connectivity index (χ3n) is 3.44. The Morgan fingerprint density at radius 2 is 1.79 bits per heavy atom. The summed E-state index contributed by atoms with van der Waals surface area (Å²) in [5, 5.41) is 3.30. The smallest absolute Gasteiger partial charge is 0.127 e. The molecule has 3 aromatic rings. The Balaban J connectivity index is 2.41. The molecule has 0 saturated carbocycles. The van der Waals surface area contributed by atoms with E-state index in [1.165, 1.54) is 0 Å². The van der Waals surface area contributed by atoms with Crippen LogP contribution >= 0.6 is 0 Å². The Kier molecular flexibility index (Phi) is 2.45. The van der Waals surface area contributed by atoms with E-state index in [-0.39, 0.29) is 5.41 Å². The summed E-state index contributed by atoms with van der Waals surface area (Å²) >= 11 is 0. The highest BCUT2D eigenvalue weighted by Crippen LogP contribution is 2.32. The lowest BCUT2D eigenvalue weighted by atomic mass is 9.86. The predicted octanol–water partition coefficient (Wildman–Crippen LogP) is 3.66. The molecular weight excluding hydrogens is 234 g/mol. The fraction of sp³-hybridized carbons (Fsp3) is 0.250. The van der Waals surface area contributed by atoms with Gasteiger partial charge in [0.1, 0.15) is 5.82 Å². The van der Waals surface area contributed by atoms with Gasteiger partial charge in [0.15, 0.2) is 0 Å². The molecule has 0 radical (unpaired) electrons. The lowest BCUT2D eigenvalue weighted by molar-refractivity contribution is 0.591. The minimum absolute atomic E-state index is 0.00479. The van der Waals surface area contributed by atoms with Crippen molar-refractivity contribution in [1.82, 2.24) is 9.97 Å². The summed E-state index contributed by atoms with van der Waals surface area (Å²) in [5.41, 5.74) is 8.14. The molecule has 0 saturated heterocycles. The first-order valence-electron chi connectivity index (χ1n) is 6.40. The number of nitrogen functional groups attached to an aromatic ring is 1. The average Bonchev–Trinajstić information content (AvgIpc) is 2.36. The number of hydrogen-bond donors (Lipinski definition) is 1. The van der Waals surface area contributed by atoms with E-state index in [0.717, 1.165) is 27.2 Å². The molecule has 3 heteroatoms. The molecule has 2 aromatic heterocycles. The molecule has 0 aliphatic carbocycles. The maximum atomic E-state index is 6.13. The number of anilines is 1. The number of fused-ring (bicyclic) bond motifs is 3. The number of nitrogens with two attached hydrogens (primary N) is 1. The first kappa shape index (κ1) is 11.9. The van der Waals surface area contributed by atoms with Gasteiger partial charge >= 0.3 is 0 Å². The van der Waals surface area contributed by atoms with Crippen molar-refractivity contribution in [2.24, 2.45) is 0 Å². The topological polar surface area (TPSA) is 51.8 Å². The van der Waals surface area contributed by atoms with Crippen LogP contribution in [-0.4, -0.2) is 9.97 Å². The Morgan fingerprint density at radius 1 is 1.05 bits per heavy atom. The SMILES string of the molecule is CC(C)(C)c1cc2ccc3ccncc3c2nc1N. The van der Waals surface area contributed by atoms with Crippen LogP contribution in [0.2, 0.25) is 0 Å². The van der Waals surface area contributed by atoms with Crippen LogP contribution in [0.15, 0.2) is 36.7 Å². The average molecular weight is 251 g/mol. The van der Waals surface area contributed by atoms with Gasteiger partial charge < -0.3 is 5.73 Å². The predicted molar refractivity (Wildman–Crippen MR) is 80.2 cm³/mol. The number of benzene rings is 1. The standard InChI is InChI=1S/C16H17N3/c1-16(2,3)13-8-11-5-4-10-6-7-18-9-12(10)14(11)19-15(13)17/h4-9H,1-3H3,(H2,17,19). The van der Waals surface area contributed by atoms with Gasteiger partial charge in [-0.15, -0.1) is 0 Å². The molecule has 0 fully saturated rings. The fourth-order valence-electron chi connectivity index (χ4n) is 2.41. The van der Waals surface area contributed by atoms with E-state index in [1.54, 1.807) is 6.20 Å². The van der Waals surface area contributed by atoms with Crippen LogP contribution in [0.25, 0.3) is 21.7 Å². The zero-order valence-electron chi connectivity index (χ0n) is 11.4. The molecule has 2 N–H and O–H groups in total. The van der Waals surface area contributed by atoms with E-state index < -0.39 is 0 Å². The van der Waals surface area contributed by atoms with Crippen LogP contribution in [0, 0.1) is 0 Å². The van der Waals surface area contributed by atoms with Crippen molar-refractivity contribution in [1.29, 1.82) is 0 Å². The molecule has 0 bridgehead atoms. The van der Waals surface area contributed by atoms with Crippen LogP contribution in [0.4, 0.5) is 5.82 Å². The van der Waals surface area contributed by atoms with Crippen LogP contribution in [0.1, 0.15) is 26.3 Å². The number of nitrogens with zero attached hydrogens (tertiary/aromatic N) is 2. The Labute approximate surface area is 112 Å². The second kappa shape index (κ2) is 3.92. The summed E-state index contributed by atoms with van der Waals surface area (Å²) in [6.07, 6.45) is 3.64. The van der Waals surface area contributed by atoms with Gasteiger partial charge in [0.2, 0.25) is 0 Å². The minimum atomic E-state index is -0.00479. The van der Waals surface area contributed by atoms with Crippen molar-refractivity contribution in [2.45, 2.75) is 26.2 Å². The minimum Gasteiger partial charge on any atom is -0.383 e. The third-order valence-corrected chi connectivity index (χ3v) is 3.44. The van der Waals surface area contributed by atoms with E-state index in [4.69, 9.17) is 5.73 Å². The van der Waals surface area contributed by atoms with Crippen molar-refractivity contribution >= 4 is 27.5 Å². The zero-order valence-corrected chi connectivity index (χ0v) is 11.4. The van der Waals surface area contributed by atoms with E-state index in [2.05, 4.69) is 48.9 Å². The monoisotopic (exact) mass is 251 g/mol. The van der Waals surface area contributed by atoms with Gasteiger partial charge in [-0.3, -0.25) is 4.98 Å². The van der Waals surface area contributed by atoms with Crippen LogP contribution in [0.3, 0.4) is 0 Å². The summed E-state index contributed by atoms with van der Waals surface area (Å²) in [6, 6.07) is 8.33. The lowest BCUT2D eigenvalue weighted by Gasteiger charge is -2.21. The van der Waals surface area contributed by atoms with E-state index in [1.807, 2.05) is 12.3 Å². The van der Waals surface area contributed by atoms with E-state index in [9.17, 15) is 0 Å². The van der Waals surface area contributed by atoms with Crippen molar-refractivity contribution < 1.29 is 0 Å². The van der Waals surface area contributed by atoms with Gasteiger partial charge in [0.05, 0.1) is 5.52 Å². The Bertz CT molecular complexity index is 770. The van der Waals surface area contributed by atoms with Crippen molar-refractivity contribution in [3.05, 3.63) is 42.2 Å². The zero-order chi connectivity index (χ0) is 13.6. The highest BCUT2D eigenvalue weighted by Gasteiger charge is 2.19. The molecule has 1 aromatic carbocycles. The summed E-state index contributed by atoms with van der Waals surface area (Å²) in [7, 11) is 0. The molecule has 0 aliphatic rings. The number of hydrogen-bond acceptors (Lipinski definition) is 3. The maximum Gasteiger partial charge on any atom is 0.127 e. The van der Waals surface area contributed by atoms with Crippen molar-refractivity contribution in [3.8, 4) is 0 Å². The highest BCUT2D eigenvalue weighted by atomic mass is 14.8.